The van der Waals surface area contributed by atoms with Crippen molar-refractivity contribution in [1.82, 2.24) is 0 Å². The second kappa shape index (κ2) is 6.81. The normalized spacial score (nSPS) is 22.1. The highest BCUT2D eigenvalue weighted by atomic mass is 35.5. The van der Waals surface area contributed by atoms with Gasteiger partial charge >= 0.3 is 0 Å². The van der Waals surface area contributed by atoms with Gasteiger partial charge in [0, 0.05) is 19.2 Å². The van der Waals surface area contributed by atoms with Crippen molar-refractivity contribution in [3.8, 4) is 0 Å². The van der Waals surface area contributed by atoms with Crippen molar-refractivity contribution in [2.24, 2.45) is 11.7 Å². The maximum atomic E-state index is 11.3. The van der Waals surface area contributed by atoms with Crippen molar-refractivity contribution in [2.45, 2.75) is 31.7 Å². The predicted molar refractivity (Wildman–Crippen MR) is 86.3 cm³/mol. The van der Waals surface area contributed by atoms with Crippen molar-refractivity contribution in [2.75, 3.05) is 18.5 Å². The summed E-state index contributed by atoms with van der Waals surface area (Å²) in [4.78, 5) is 12.8. The molecule has 116 valence electrons. The fourth-order valence-electron chi connectivity index (χ4n) is 3.11. The molecule has 21 heavy (non-hydrogen) atoms. The van der Waals surface area contributed by atoms with Gasteiger partial charge in [-0.15, -0.1) is 0 Å². The van der Waals surface area contributed by atoms with Crippen LogP contribution in [-0.4, -0.2) is 24.6 Å². The zero-order valence-corrected chi connectivity index (χ0v) is 13.4. The van der Waals surface area contributed by atoms with Crippen molar-refractivity contribution >= 4 is 34.6 Å². The first-order chi connectivity index (χ1) is 9.95. The average Bonchev–Trinajstić information content (AvgIpc) is 2.48. The quantitative estimate of drug-likeness (QED) is 0.671. The molecule has 1 aliphatic rings. The molecule has 2 N–H and O–H groups in total. The van der Waals surface area contributed by atoms with Gasteiger partial charge < -0.3 is 10.6 Å². The lowest BCUT2D eigenvalue weighted by atomic mass is 9.83. The minimum absolute atomic E-state index is 0.0201. The Hall–Kier alpha value is -1.04. The molecule has 0 aromatic heterocycles. The zero-order chi connectivity index (χ0) is 15.6. The second-order valence-corrected chi connectivity index (χ2v) is 6.29. The van der Waals surface area contributed by atoms with E-state index in [-0.39, 0.29) is 16.8 Å². The standard InChI is InChI=1S/C14H19Cl2N3O2/c1-18(12-5-3-2-4-9(12)8-17)13-6-10(15)11(16)7-14(13)19(20)21/h6-7,9,12H,2-5,8,17H2,1H3. The molecule has 1 fully saturated rings. The van der Waals surface area contributed by atoms with Crippen molar-refractivity contribution in [3.05, 3.63) is 32.3 Å². The fraction of sp³-hybridized carbons (Fsp3) is 0.571. The number of nitrogens with zero attached hydrogens (tertiary/aromatic N) is 2. The Bertz CT molecular complexity index is 539. The molecule has 0 heterocycles. The Kier molecular flexibility index (Phi) is 5.30. The van der Waals surface area contributed by atoms with E-state index in [2.05, 4.69) is 0 Å². The first-order valence-electron chi connectivity index (χ1n) is 7.02. The molecule has 0 aliphatic heterocycles. The first kappa shape index (κ1) is 16.3. The van der Waals surface area contributed by atoms with Gasteiger partial charge in [-0.05, 0) is 31.4 Å². The minimum atomic E-state index is -0.422. The fourth-order valence-corrected chi connectivity index (χ4v) is 3.42. The van der Waals surface area contributed by atoms with Gasteiger partial charge in [0.1, 0.15) is 5.69 Å². The van der Waals surface area contributed by atoms with Crippen LogP contribution < -0.4 is 10.6 Å². The van der Waals surface area contributed by atoms with E-state index in [1.54, 1.807) is 6.07 Å². The van der Waals surface area contributed by atoms with E-state index >= 15 is 0 Å². The number of benzene rings is 1. The molecule has 2 unspecified atom stereocenters. The lowest BCUT2D eigenvalue weighted by Gasteiger charge is -2.38. The van der Waals surface area contributed by atoms with E-state index in [1.165, 1.54) is 6.07 Å². The molecule has 0 radical (unpaired) electrons. The van der Waals surface area contributed by atoms with Gasteiger partial charge in [-0.3, -0.25) is 10.1 Å². The zero-order valence-electron chi connectivity index (χ0n) is 11.9. The molecule has 5 nitrogen and oxygen atoms in total. The number of halogens is 2. The molecule has 7 heteroatoms. The highest BCUT2D eigenvalue weighted by molar-refractivity contribution is 6.42. The van der Waals surface area contributed by atoms with Crippen LogP contribution >= 0.6 is 23.2 Å². The summed E-state index contributed by atoms with van der Waals surface area (Å²) >= 11 is 11.9. The largest absolute Gasteiger partial charge is 0.366 e. The number of hydrogen-bond donors (Lipinski definition) is 1. The van der Waals surface area contributed by atoms with Gasteiger partial charge in [-0.1, -0.05) is 36.0 Å². The van der Waals surface area contributed by atoms with Crippen LogP contribution in [0.2, 0.25) is 10.0 Å². The molecule has 1 saturated carbocycles. The maximum Gasteiger partial charge on any atom is 0.294 e. The van der Waals surface area contributed by atoms with E-state index in [0.717, 1.165) is 25.7 Å². The summed E-state index contributed by atoms with van der Waals surface area (Å²) in [5.41, 5.74) is 6.33. The topological polar surface area (TPSA) is 72.4 Å². The Morgan fingerprint density at radius 2 is 1.95 bits per heavy atom. The van der Waals surface area contributed by atoms with Crippen LogP contribution in [-0.2, 0) is 0 Å². The van der Waals surface area contributed by atoms with E-state index in [4.69, 9.17) is 28.9 Å². The molecular formula is C14H19Cl2N3O2. The van der Waals surface area contributed by atoms with Gasteiger partial charge in [0.15, 0.2) is 0 Å². The molecule has 1 aliphatic carbocycles. The lowest BCUT2D eigenvalue weighted by Crippen LogP contribution is -2.43. The van der Waals surface area contributed by atoms with Gasteiger partial charge in [0.05, 0.1) is 15.0 Å². The van der Waals surface area contributed by atoms with Crippen LogP contribution in [0.1, 0.15) is 25.7 Å². The predicted octanol–water partition coefficient (Wildman–Crippen LogP) is 3.86. The number of nitrogens with two attached hydrogens (primary N) is 1. The van der Waals surface area contributed by atoms with Crippen LogP contribution in [0.15, 0.2) is 12.1 Å². The van der Waals surface area contributed by atoms with Gasteiger partial charge in [0.2, 0.25) is 0 Å². The third-order valence-corrected chi connectivity index (χ3v) is 4.99. The molecule has 1 aromatic carbocycles. The second-order valence-electron chi connectivity index (χ2n) is 5.47. The number of nitro groups is 1. The maximum absolute atomic E-state index is 11.3. The van der Waals surface area contributed by atoms with Gasteiger partial charge in [0.25, 0.3) is 5.69 Å². The van der Waals surface area contributed by atoms with Crippen molar-refractivity contribution < 1.29 is 4.92 Å². The lowest BCUT2D eigenvalue weighted by molar-refractivity contribution is -0.384. The average molecular weight is 332 g/mol. The first-order valence-corrected chi connectivity index (χ1v) is 7.77. The molecular weight excluding hydrogens is 313 g/mol. The van der Waals surface area contributed by atoms with Crippen molar-refractivity contribution in [3.63, 3.8) is 0 Å². The van der Waals surface area contributed by atoms with E-state index in [0.29, 0.717) is 23.2 Å². The Balaban J connectivity index is 2.39. The van der Waals surface area contributed by atoms with Crippen LogP contribution in [0, 0.1) is 16.0 Å². The molecule has 1 aromatic rings. The molecule has 2 rings (SSSR count). The summed E-state index contributed by atoms with van der Waals surface area (Å²) < 4.78 is 0. The van der Waals surface area contributed by atoms with Crippen molar-refractivity contribution in [1.29, 1.82) is 0 Å². The number of anilines is 1. The summed E-state index contributed by atoms with van der Waals surface area (Å²) in [6.45, 7) is 0.587. The van der Waals surface area contributed by atoms with Crippen LogP contribution in [0.3, 0.4) is 0 Å². The van der Waals surface area contributed by atoms with Crippen LogP contribution in [0.5, 0.6) is 0 Å². The van der Waals surface area contributed by atoms with Crippen LogP contribution in [0.25, 0.3) is 0 Å². The summed E-state index contributed by atoms with van der Waals surface area (Å²) in [7, 11) is 1.87. The highest BCUT2D eigenvalue weighted by Gasteiger charge is 2.31. The third-order valence-electron chi connectivity index (χ3n) is 4.26. The summed E-state index contributed by atoms with van der Waals surface area (Å²) in [5.74, 6) is 0.345. The summed E-state index contributed by atoms with van der Waals surface area (Å²) in [6.07, 6.45) is 4.31. The van der Waals surface area contributed by atoms with E-state index < -0.39 is 4.92 Å². The Labute approximate surface area is 134 Å². The van der Waals surface area contributed by atoms with Gasteiger partial charge in [-0.25, -0.2) is 0 Å². The number of nitro benzene ring substituents is 1. The van der Waals surface area contributed by atoms with Crippen LogP contribution in [0.4, 0.5) is 11.4 Å². The SMILES string of the molecule is CN(c1cc(Cl)c(Cl)cc1[N+](=O)[O-])C1CCCCC1CN. The number of rotatable bonds is 4. The van der Waals surface area contributed by atoms with E-state index in [9.17, 15) is 10.1 Å². The third kappa shape index (κ3) is 3.42. The number of hydrogen-bond acceptors (Lipinski definition) is 4. The molecule has 0 saturated heterocycles. The molecule has 2 atom stereocenters. The summed E-state index contributed by atoms with van der Waals surface area (Å²) in [6, 6.07) is 3.08. The van der Waals surface area contributed by atoms with Gasteiger partial charge in [-0.2, -0.15) is 0 Å². The smallest absolute Gasteiger partial charge is 0.294 e. The van der Waals surface area contributed by atoms with E-state index in [1.807, 2.05) is 11.9 Å². The highest BCUT2D eigenvalue weighted by Crippen LogP contribution is 2.39. The Morgan fingerprint density at radius 1 is 1.33 bits per heavy atom. The minimum Gasteiger partial charge on any atom is -0.366 e. The molecule has 0 spiro atoms. The molecule has 0 bridgehead atoms. The summed E-state index contributed by atoms with van der Waals surface area (Å²) in [5, 5.41) is 11.8. The molecule has 0 amide bonds. The Morgan fingerprint density at radius 3 is 2.57 bits per heavy atom. The monoisotopic (exact) mass is 331 g/mol.